The summed E-state index contributed by atoms with van der Waals surface area (Å²) in [5, 5.41) is 3.20. The van der Waals surface area contributed by atoms with Crippen molar-refractivity contribution in [3.8, 4) is 5.75 Å². The largest absolute Gasteiger partial charge is 0.496 e. The third-order valence-corrected chi connectivity index (χ3v) is 5.64. The molecule has 6 nitrogen and oxygen atoms in total. The number of halogens is 1. The molecule has 0 saturated heterocycles. The number of methoxy groups -OCH3 is 1. The van der Waals surface area contributed by atoms with Crippen molar-refractivity contribution in [2.45, 2.75) is 12.8 Å². The molecule has 1 amide bonds. The standard InChI is InChI=1S/C18H19ClN2O4S/c1-25-17-8-6-13(19)10-15(17)18(22)20-14-7-5-12-4-3-9-21(16(12)11-14)26(2,23)24/h5-8,10-11H,3-4,9H2,1-2H3,(H,20,22). The maximum absolute atomic E-state index is 12.6. The van der Waals surface area contributed by atoms with Crippen LogP contribution < -0.4 is 14.4 Å². The summed E-state index contributed by atoms with van der Waals surface area (Å²) in [6.45, 7) is 0.436. The van der Waals surface area contributed by atoms with Gasteiger partial charge in [0.05, 0.1) is 24.6 Å². The first-order chi connectivity index (χ1) is 12.3. The second-order valence-corrected chi connectivity index (χ2v) is 8.42. The Bertz CT molecular complexity index is 960. The summed E-state index contributed by atoms with van der Waals surface area (Å²) in [6, 6.07) is 10.1. The Morgan fingerprint density at radius 2 is 2.00 bits per heavy atom. The lowest BCUT2D eigenvalue weighted by molar-refractivity contribution is 0.102. The molecule has 0 fully saturated rings. The van der Waals surface area contributed by atoms with Crippen LogP contribution in [-0.2, 0) is 16.4 Å². The molecule has 26 heavy (non-hydrogen) atoms. The molecule has 0 aliphatic carbocycles. The number of carbonyl (C=O) groups excluding carboxylic acids is 1. The number of benzene rings is 2. The highest BCUT2D eigenvalue weighted by atomic mass is 35.5. The predicted molar refractivity (Wildman–Crippen MR) is 103 cm³/mol. The second-order valence-electron chi connectivity index (χ2n) is 6.08. The van der Waals surface area contributed by atoms with Crippen molar-refractivity contribution in [3.63, 3.8) is 0 Å². The lowest BCUT2D eigenvalue weighted by Crippen LogP contribution is -2.34. The Morgan fingerprint density at radius 3 is 2.69 bits per heavy atom. The molecule has 8 heteroatoms. The molecule has 1 heterocycles. The van der Waals surface area contributed by atoms with Crippen LogP contribution in [0.1, 0.15) is 22.3 Å². The van der Waals surface area contributed by atoms with E-state index in [0.29, 0.717) is 34.3 Å². The highest BCUT2D eigenvalue weighted by Crippen LogP contribution is 2.32. The Morgan fingerprint density at radius 1 is 1.23 bits per heavy atom. The molecule has 0 spiro atoms. The molecule has 0 radical (unpaired) electrons. The van der Waals surface area contributed by atoms with E-state index in [2.05, 4.69) is 5.32 Å². The van der Waals surface area contributed by atoms with Crippen LogP contribution in [0.5, 0.6) is 5.75 Å². The van der Waals surface area contributed by atoms with E-state index >= 15 is 0 Å². The van der Waals surface area contributed by atoms with E-state index in [9.17, 15) is 13.2 Å². The minimum Gasteiger partial charge on any atom is -0.496 e. The highest BCUT2D eigenvalue weighted by molar-refractivity contribution is 7.92. The number of sulfonamides is 1. The molecule has 3 rings (SSSR count). The first-order valence-electron chi connectivity index (χ1n) is 8.05. The third-order valence-electron chi connectivity index (χ3n) is 4.23. The predicted octanol–water partition coefficient (Wildman–Crippen LogP) is 3.31. The summed E-state index contributed by atoms with van der Waals surface area (Å²) in [5.74, 6) is 0.0219. The highest BCUT2D eigenvalue weighted by Gasteiger charge is 2.24. The first-order valence-corrected chi connectivity index (χ1v) is 10.3. The van der Waals surface area contributed by atoms with Gasteiger partial charge in [0.25, 0.3) is 5.91 Å². The molecular weight excluding hydrogens is 376 g/mol. The van der Waals surface area contributed by atoms with E-state index in [1.165, 1.54) is 23.7 Å². The third kappa shape index (κ3) is 3.78. The first kappa shape index (κ1) is 18.5. The van der Waals surface area contributed by atoms with E-state index in [0.717, 1.165) is 18.4 Å². The molecule has 1 aliphatic rings. The van der Waals surface area contributed by atoms with Gasteiger partial charge in [0.15, 0.2) is 0 Å². The molecule has 0 saturated carbocycles. The molecule has 1 aliphatic heterocycles. The van der Waals surface area contributed by atoms with Crippen molar-refractivity contribution in [2.75, 3.05) is 29.5 Å². The summed E-state index contributed by atoms with van der Waals surface area (Å²) in [5.41, 5.74) is 2.36. The van der Waals surface area contributed by atoms with E-state index < -0.39 is 10.0 Å². The minimum absolute atomic E-state index is 0.303. The van der Waals surface area contributed by atoms with Gasteiger partial charge in [0.1, 0.15) is 5.75 Å². The van der Waals surface area contributed by atoms with E-state index in [1.54, 1.807) is 24.3 Å². The number of carbonyl (C=O) groups is 1. The summed E-state index contributed by atoms with van der Waals surface area (Å²) in [7, 11) is -1.89. The van der Waals surface area contributed by atoms with Crippen molar-refractivity contribution in [1.29, 1.82) is 0 Å². The van der Waals surface area contributed by atoms with Gasteiger partial charge in [-0.2, -0.15) is 0 Å². The zero-order valence-electron chi connectivity index (χ0n) is 14.5. The topological polar surface area (TPSA) is 75.7 Å². The summed E-state index contributed by atoms with van der Waals surface area (Å²) in [4.78, 5) is 12.6. The molecule has 0 unspecified atom stereocenters. The van der Waals surface area contributed by atoms with Crippen LogP contribution in [0.15, 0.2) is 36.4 Å². The summed E-state index contributed by atoms with van der Waals surface area (Å²) in [6.07, 6.45) is 2.76. The number of nitrogens with one attached hydrogen (secondary N) is 1. The number of aryl methyl sites for hydroxylation is 1. The van der Waals surface area contributed by atoms with Gasteiger partial charge in [-0.05, 0) is 48.7 Å². The van der Waals surface area contributed by atoms with Crippen LogP contribution >= 0.6 is 11.6 Å². The van der Waals surface area contributed by atoms with Gasteiger partial charge >= 0.3 is 0 Å². The average Bonchev–Trinajstić information content (AvgIpc) is 2.60. The van der Waals surface area contributed by atoms with Gasteiger partial charge in [-0.1, -0.05) is 17.7 Å². The van der Waals surface area contributed by atoms with Gasteiger partial charge in [-0.25, -0.2) is 8.42 Å². The van der Waals surface area contributed by atoms with Gasteiger partial charge in [0, 0.05) is 17.3 Å². The number of rotatable bonds is 4. The number of nitrogens with zero attached hydrogens (tertiary/aromatic N) is 1. The quantitative estimate of drug-likeness (QED) is 0.863. The summed E-state index contributed by atoms with van der Waals surface area (Å²) >= 11 is 5.98. The minimum atomic E-state index is -3.37. The number of anilines is 2. The van der Waals surface area contributed by atoms with Crippen LogP contribution in [0.25, 0.3) is 0 Å². The van der Waals surface area contributed by atoms with Gasteiger partial charge < -0.3 is 10.1 Å². The van der Waals surface area contributed by atoms with Crippen LogP contribution in [0.4, 0.5) is 11.4 Å². The Labute approximate surface area is 157 Å². The zero-order chi connectivity index (χ0) is 18.9. The molecule has 0 atom stereocenters. The molecule has 2 aromatic carbocycles. The summed E-state index contributed by atoms with van der Waals surface area (Å²) < 4.78 is 30.6. The fourth-order valence-corrected chi connectivity index (χ4v) is 4.18. The average molecular weight is 395 g/mol. The number of hydrogen-bond acceptors (Lipinski definition) is 4. The van der Waals surface area contributed by atoms with Gasteiger partial charge in [-0.3, -0.25) is 9.10 Å². The van der Waals surface area contributed by atoms with Crippen molar-refractivity contribution in [3.05, 3.63) is 52.5 Å². The zero-order valence-corrected chi connectivity index (χ0v) is 16.0. The van der Waals surface area contributed by atoms with Crippen LogP contribution in [0, 0.1) is 0 Å². The van der Waals surface area contributed by atoms with Crippen molar-refractivity contribution in [1.82, 2.24) is 0 Å². The Kier molecular flexibility index (Phi) is 5.11. The van der Waals surface area contributed by atoms with Crippen LogP contribution in [0.3, 0.4) is 0 Å². The van der Waals surface area contributed by atoms with Crippen molar-refractivity contribution >= 4 is 38.9 Å². The fourth-order valence-electron chi connectivity index (χ4n) is 3.02. The fraction of sp³-hybridized carbons (Fsp3) is 0.278. The normalized spacial score (nSPS) is 13.9. The van der Waals surface area contributed by atoms with Crippen LogP contribution in [-0.4, -0.2) is 34.2 Å². The van der Waals surface area contributed by atoms with Crippen molar-refractivity contribution < 1.29 is 17.9 Å². The van der Waals surface area contributed by atoms with Gasteiger partial charge in [-0.15, -0.1) is 0 Å². The smallest absolute Gasteiger partial charge is 0.259 e. The van der Waals surface area contributed by atoms with Crippen molar-refractivity contribution in [2.24, 2.45) is 0 Å². The molecule has 1 N–H and O–H groups in total. The number of fused-ring (bicyclic) bond motifs is 1. The molecule has 0 aromatic heterocycles. The lowest BCUT2D eigenvalue weighted by Gasteiger charge is -2.29. The van der Waals surface area contributed by atoms with E-state index in [4.69, 9.17) is 16.3 Å². The monoisotopic (exact) mass is 394 g/mol. The second kappa shape index (κ2) is 7.17. The Balaban J connectivity index is 1.92. The molecule has 2 aromatic rings. The Hall–Kier alpha value is -2.25. The van der Waals surface area contributed by atoms with Crippen LogP contribution in [0.2, 0.25) is 5.02 Å². The van der Waals surface area contributed by atoms with E-state index in [1.807, 2.05) is 6.07 Å². The van der Waals surface area contributed by atoms with E-state index in [-0.39, 0.29) is 5.91 Å². The number of ether oxygens (including phenoxy) is 1. The maximum Gasteiger partial charge on any atom is 0.259 e. The molecular formula is C18H19ClN2O4S. The maximum atomic E-state index is 12.6. The lowest BCUT2D eigenvalue weighted by atomic mass is 10.0. The van der Waals surface area contributed by atoms with Gasteiger partial charge in [0.2, 0.25) is 10.0 Å². The molecule has 138 valence electrons. The SMILES string of the molecule is COc1ccc(Cl)cc1C(=O)Nc1ccc2c(c1)N(S(C)(=O)=O)CCC2. The number of hydrogen-bond donors (Lipinski definition) is 1. The number of amides is 1. The molecule has 0 bridgehead atoms.